The van der Waals surface area contributed by atoms with Crippen molar-refractivity contribution in [3.05, 3.63) is 24.3 Å². The summed E-state index contributed by atoms with van der Waals surface area (Å²) in [5.74, 6) is 1.56. The number of anilines is 1. The van der Waals surface area contributed by atoms with E-state index in [2.05, 4.69) is 10.2 Å². The zero-order chi connectivity index (χ0) is 15.0. The van der Waals surface area contributed by atoms with E-state index in [1.165, 1.54) is 7.11 Å². The molecule has 0 amide bonds. The van der Waals surface area contributed by atoms with Crippen LogP contribution in [0.4, 0.5) is 5.82 Å². The molecule has 1 aliphatic rings. The lowest BCUT2D eigenvalue weighted by Crippen LogP contribution is -2.45. The lowest BCUT2D eigenvalue weighted by molar-refractivity contribution is 0.219. The number of H-pyrrole nitrogens is 1. The lowest BCUT2D eigenvalue weighted by Gasteiger charge is -2.27. The number of nitrogen functional groups attached to an aromatic ring is 1. The second-order valence-electron chi connectivity index (χ2n) is 4.89. The Hall–Kier alpha value is -2.22. The van der Waals surface area contributed by atoms with Gasteiger partial charge in [0.25, 0.3) is 0 Å². The standard InChI is InChI=1S/C13H15N3O4S/c1-19-12-4-8(10-5-13(14)16-15-10)2-3-11(12)20-9-6-21(17,18)7-9/h2-5,9H,6-7H2,1H3,(H3,14,15,16). The summed E-state index contributed by atoms with van der Waals surface area (Å²) in [5.41, 5.74) is 7.20. The molecular formula is C13H15N3O4S. The monoisotopic (exact) mass is 309 g/mol. The van der Waals surface area contributed by atoms with Crippen molar-refractivity contribution in [3.63, 3.8) is 0 Å². The number of benzene rings is 1. The fourth-order valence-corrected chi connectivity index (χ4v) is 3.35. The van der Waals surface area contributed by atoms with Crippen molar-refractivity contribution in [2.75, 3.05) is 24.3 Å². The quantitative estimate of drug-likeness (QED) is 0.866. The van der Waals surface area contributed by atoms with Crippen LogP contribution in [0.1, 0.15) is 0 Å². The predicted molar refractivity (Wildman–Crippen MR) is 78.1 cm³/mol. The largest absolute Gasteiger partial charge is 0.493 e. The van der Waals surface area contributed by atoms with Gasteiger partial charge in [0.15, 0.2) is 21.3 Å². The van der Waals surface area contributed by atoms with Gasteiger partial charge in [-0.3, -0.25) is 5.10 Å². The normalized spacial score (nSPS) is 17.2. The molecule has 7 nitrogen and oxygen atoms in total. The molecular weight excluding hydrogens is 294 g/mol. The number of nitrogens with one attached hydrogen (secondary N) is 1. The van der Waals surface area contributed by atoms with Gasteiger partial charge in [-0.25, -0.2) is 8.42 Å². The Kier molecular flexibility index (Phi) is 3.25. The fourth-order valence-electron chi connectivity index (χ4n) is 2.18. The molecule has 3 rings (SSSR count). The average molecular weight is 309 g/mol. The molecule has 2 heterocycles. The summed E-state index contributed by atoms with van der Waals surface area (Å²) in [6.07, 6.45) is -0.308. The van der Waals surface area contributed by atoms with E-state index in [-0.39, 0.29) is 17.6 Å². The third-order valence-electron chi connectivity index (χ3n) is 3.25. The van der Waals surface area contributed by atoms with Crippen molar-refractivity contribution >= 4 is 15.7 Å². The highest BCUT2D eigenvalue weighted by molar-refractivity contribution is 7.92. The molecule has 1 saturated heterocycles. The first-order chi connectivity index (χ1) is 9.97. The summed E-state index contributed by atoms with van der Waals surface area (Å²) >= 11 is 0. The molecule has 0 saturated carbocycles. The number of hydrogen-bond donors (Lipinski definition) is 2. The van der Waals surface area contributed by atoms with Crippen molar-refractivity contribution in [2.45, 2.75) is 6.10 Å². The zero-order valence-electron chi connectivity index (χ0n) is 11.4. The fraction of sp³-hybridized carbons (Fsp3) is 0.308. The van der Waals surface area contributed by atoms with Crippen molar-refractivity contribution in [3.8, 4) is 22.8 Å². The molecule has 0 atom stereocenters. The Bertz CT molecular complexity index is 757. The number of hydrogen-bond acceptors (Lipinski definition) is 6. The maximum atomic E-state index is 11.1. The molecule has 1 aliphatic heterocycles. The van der Waals surface area contributed by atoms with Crippen molar-refractivity contribution in [1.82, 2.24) is 10.2 Å². The van der Waals surface area contributed by atoms with Crippen molar-refractivity contribution < 1.29 is 17.9 Å². The first-order valence-electron chi connectivity index (χ1n) is 6.33. The van der Waals surface area contributed by atoms with Gasteiger partial charge in [0, 0.05) is 11.6 Å². The molecule has 2 aromatic rings. The van der Waals surface area contributed by atoms with E-state index in [0.29, 0.717) is 17.3 Å². The predicted octanol–water partition coefficient (Wildman–Crippen LogP) is 0.843. The summed E-state index contributed by atoms with van der Waals surface area (Å²) < 4.78 is 33.2. The van der Waals surface area contributed by atoms with Crippen LogP contribution in [0.5, 0.6) is 11.5 Å². The molecule has 0 aliphatic carbocycles. The number of rotatable bonds is 4. The van der Waals surface area contributed by atoms with Crippen LogP contribution in [-0.4, -0.2) is 43.3 Å². The lowest BCUT2D eigenvalue weighted by atomic mass is 10.1. The van der Waals surface area contributed by atoms with Crippen LogP contribution in [0, 0.1) is 0 Å². The zero-order valence-corrected chi connectivity index (χ0v) is 12.2. The maximum Gasteiger partial charge on any atom is 0.161 e. The molecule has 1 aromatic carbocycles. The molecule has 0 bridgehead atoms. The van der Waals surface area contributed by atoms with Crippen LogP contribution >= 0.6 is 0 Å². The molecule has 1 fully saturated rings. The number of methoxy groups -OCH3 is 1. The number of nitrogens with two attached hydrogens (primary N) is 1. The van der Waals surface area contributed by atoms with E-state index in [0.717, 1.165) is 11.3 Å². The Morgan fingerprint density at radius 2 is 2.05 bits per heavy atom. The molecule has 0 unspecified atom stereocenters. The summed E-state index contributed by atoms with van der Waals surface area (Å²) in [4.78, 5) is 0. The van der Waals surface area contributed by atoms with E-state index >= 15 is 0 Å². The SMILES string of the molecule is COc1cc(-c2cc(N)n[nH]2)ccc1OC1CS(=O)(=O)C1. The maximum absolute atomic E-state index is 11.1. The van der Waals surface area contributed by atoms with Gasteiger partial charge in [0.1, 0.15) is 11.9 Å². The molecule has 21 heavy (non-hydrogen) atoms. The number of ether oxygens (including phenoxy) is 2. The van der Waals surface area contributed by atoms with Gasteiger partial charge >= 0.3 is 0 Å². The Balaban J connectivity index is 1.82. The second kappa shape index (κ2) is 4.96. The second-order valence-corrected chi connectivity index (χ2v) is 7.04. The molecule has 3 N–H and O–H groups in total. The van der Waals surface area contributed by atoms with E-state index in [1.54, 1.807) is 18.2 Å². The number of aromatic amines is 1. The van der Waals surface area contributed by atoms with Gasteiger partial charge < -0.3 is 15.2 Å². The summed E-state index contributed by atoms with van der Waals surface area (Å²) in [7, 11) is -1.38. The Morgan fingerprint density at radius 1 is 1.29 bits per heavy atom. The number of nitrogens with zero attached hydrogens (tertiary/aromatic N) is 1. The average Bonchev–Trinajstić information content (AvgIpc) is 2.84. The van der Waals surface area contributed by atoms with E-state index in [4.69, 9.17) is 15.2 Å². The Morgan fingerprint density at radius 3 is 2.62 bits per heavy atom. The van der Waals surface area contributed by atoms with Crippen LogP contribution < -0.4 is 15.2 Å². The topological polar surface area (TPSA) is 107 Å². The van der Waals surface area contributed by atoms with Gasteiger partial charge in [-0.05, 0) is 18.2 Å². The third-order valence-corrected chi connectivity index (χ3v) is 5.00. The van der Waals surface area contributed by atoms with Crippen LogP contribution in [0.25, 0.3) is 11.3 Å². The first-order valence-corrected chi connectivity index (χ1v) is 8.15. The van der Waals surface area contributed by atoms with Gasteiger partial charge in [0.2, 0.25) is 0 Å². The molecule has 1 aromatic heterocycles. The van der Waals surface area contributed by atoms with E-state index < -0.39 is 9.84 Å². The Labute approximate surface area is 122 Å². The van der Waals surface area contributed by atoms with Crippen LogP contribution in [0.15, 0.2) is 24.3 Å². The van der Waals surface area contributed by atoms with Crippen molar-refractivity contribution in [2.24, 2.45) is 0 Å². The van der Waals surface area contributed by atoms with Crippen LogP contribution in [0.2, 0.25) is 0 Å². The highest BCUT2D eigenvalue weighted by Gasteiger charge is 2.35. The third kappa shape index (κ3) is 2.80. The minimum absolute atomic E-state index is 0.0506. The summed E-state index contributed by atoms with van der Waals surface area (Å²) in [6.45, 7) is 0. The minimum Gasteiger partial charge on any atom is -0.493 e. The highest BCUT2D eigenvalue weighted by Crippen LogP contribution is 2.34. The number of aromatic nitrogens is 2. The van der Waals surface area contributed by atoms with Gasteiger partial charge in [0.05, 0.1) is 24.3 Å². The highest BCUT2D eigenvalue weighted by atomic mass is 32.2. The summed E-state index contributed by atoms with van der Waals surface area (Å²) in [5, 5.41) is 6.69. The van der Waals surface area contributed by atoms with Crippen LogP contribution in [-0.2, 0) is 9.84 Å². The first kappa shape index (κ1) is 13.7. The van der Waals surface area contributed by atoms with Crippen molar-refractivity contribution in [1.29, 1.82) is 0 Å². The number of sulfone groups is 1. The smallest absolute Gasteiger partial charge is 0.161 e. The molecule has 0 spiro atoms. The minimum atomic E-state index is -2.91. The van der Waals surface area contributed by atoms with Gasteiger partial charge in [-0.1, -0.05) is 0 Å². The molecule has 8 heteroatoms. The summed E-state index contributed by atoms with van der Waals surface area (Å²) in [6, 6.07) is 7.08. The molecule has 0 radical (unpaired) electrons. The van der Waals surface area contributed by atoms with Crippen LogP contribution in [0.3, 0.4) is 0 Å². The van der Waals surface area contributed by atoms with E-state index in [9.17, 15) is 8.42 Å². The molecule has 112 valence electrons. The van der Waals surface area contributed by atoms with Gasteiger partial charge in [-0.15, -0.1) is 0 Å². The van der Waals surface area contributed by atoms with Gasteiger partial charge in [-0.2, -0.15) is 5.10 Å². The van der Waals surface area contributed by atoms with E-state index in [1.807, 2.05) is 6.07 Å².